The highest BCUT2D eigenvalue weighted by molar-refractivity contribution is 6.06. The van der Waals surface area contributed by atoms with Gasteiger partial charge in [0, 0.05) is 45.0 Å². The van der Waals surface area contributed by atoms with Crippen molar-refractivity contribution in [2.24, 2.45) is 0 Å². The number of fused-ring (bicyclic) bond motifs is 14. The Balaban J connectivity index is 1.03. The minimum absolute atomic E-state index is 0.563. The molecule has 0 N–H and O–H groups in total. The monoisotopic (exact) mass is 715 g/mol. The summed E-state index contributed by atoms with van der Waals surface area (Å²) in [6.45, 7) is 0. The van der Waals surface area contributed by atoms with Gasteiger partial charge in [-0.05, 0) is 105 Å². The summed E-state index contributed by atoms with van der Waals surface area (Å²) in [5, 5.41) is 4.75. The molecule has 0 amide bonds. The third kappa shape index (κ3) is 4.34. The predicted molar refractivity (Wildman–Crippen MR) is 229 cm³/mol. The van der Waals surface area contributed by atoms with E-state index in [-0.39, 0.29) is 0 Å². The molecule has 2 heterocycles. The number of hydrogen-bond donors (Lipinski definition) is 0. The number of furan rings is 1. The number of hydrogen-bond acceptors (Lipinski definition) is 3. The van der Waals surface area contributed by atoms with Crippen molar-refractivity contribution in [2.45, 2.75) is 5.41 Å². The number of anilines is 3. The van der Waals surface area contributed by atoms with Crippen LogP contribution >= 0.6 is 0 Å². The zero-order valence-electron chi connectivity index (χ0n) is 30.3. The maximum absolute atomic E-state index is 6.66. The Morgan fingerprint density at radius 3 is 1.79 bits per heavy atom. The lowest BCUT2D eigenvalue weighted by atomic mass is 9.65. The smallest absolute Gasteiger partial charge is 0.137 e. The fourth-order valence-corrected chi connectivity index (χ4v) is 9.54. The van der Waals surface area contributed by atoms with Crippen LogP contribution in [0.15, 0.2) is 205 Å². The van der Waals surface area contributed by atoms with Gasteiger partial charge in [0.25, 0.3) is 0 Å². The van der Waals surface area contributed by atoms with E-state index in [0.29, 0.717) is 0 Å². The Hall–Kier alpha value is -7.36. The van der Waals surface area contributed by atoms with Crippen LogP contribution in [0, 0.1) is 0 Å². The van der Waals surface area contributed by atoms with Crippen molar-refractivity contribution < 1.29 is 9.15 Å². The van der Waals surface area contributed by atoms with Crippen LogP contribution in [-0.2, 0) is 5.41 Å². The van der Waals surface area contributed by atoms with E-state index in [1.807, 2.05) is 12.1 Å². The summed E-state index contributed by atoms with van der Waals surface area (Å²) in [6.07, 6.45) is 0. The van der Waals surface area contributed by atoms with Crippen molar-refractivity contribution in [2.75, 3.05) is 4.90 Å². The molecule has 3 heteroatoms. The van der Waals surface area contributed by atoms with Crippen molar-refractivity contribution >= 4 is 49.8 Å². The highest BCUT2D eigenvalue weighted by atomic mass is 16.5. The average Bonchev–Trinajstić information content (AvgIpc) is 3.78. The molecule has 1 aliphatic heterocycles. The molecule has 262 valence electrons. The lowest BCUT2D eigenvalue weighted by molar-refractivity contribution is 0.437. The molecule has 1 aromatic heterocycles. The third-order valence-corrected chi connectivity index (χ3v) is 11.9. The van der Waals surface area contributed by atoms with Crippen LogP contribution in [0.2, 0.25) is 0 Å². The number of rotatable bonds is 4. The number of nitrogens with zero attached hydrogens (tertiary/aromatic N) is 1. The molecule has 56 heavy (non-hydrogen) atoms. The van der Waals surface area contributed by atoms with E-state index in [0.717, 1.165) is 56.1 Å². The maximum Gasteiger partial charge on any atom is 0.137 e. The molecular weight excluding hydrogens is 683 g/mol. The summed E-state index contributed by atoms with van der Waals surface area (Å²) in [5.41, 5.74) is 14.2. The zero-order chi connectivity index (χ0) is 36.8. The quantitative estimate of drug-likeness (QED) is 0.181. The first-order valence-corrected chi connectivity index (χ1v) is 19.2. The molecule has 10 aromatic rings. The summed E-state index contributed by atoms with van der Waals surface area (Å²) in [5.74, 6) is 1.80. The van der Waals surface area contributed by atoms with Crippen molar-refractivity contribution in [1.29, 1.82) is 0 Å². The van der Waals surface area contributed by atoms with Crippen LogP contribution in [0.4, 0.5) is 17.1 Å². The highest BCUT2D eigenvalue weighted by Crippen LogP contribution is 2.63. The summed E-state index contributed by atoms with van der Waals surface area (Å²) in [4.78, 5) is 2.30. The van der Waals surface area contributed by atoms with Gasteiger partial charge in [-0.15, -0.1) is 0 Å². The van der Waals surface area contributed by atoms with E-state index in [4.69, 9.17) is 9.15 Å². The van der Waals surface area contributed by atoms with Gasteiger partial charge in [0.2, 0.25) is 0 Å². The Bertz CT molecular complexity index is 3130. The summed E-state index contributed by atoms with van der Waals surface area (Å²) < 4.78 is 13.0. The molecule has 0 unspecified atom stereocenters. The topological polar surface area (TPSA) is 25.6 Å². The third-order valence-electron chi connectivity index (χ3n) is 11.9. The highest BCUT2D eigenvalue weighted by Gasteiger charge is 2.52. The minimum Gasteiger partial charge on any atom is -0.457 e. The molecule has 0 radical (unpaired) electrons. The second-order valence-corrected chi connectivity index (χ2v) is 14.8. The van der Waals surface area contributed by atoms with Crippen LogP contribution in [0.25, 0.3) is 55.0 Å². The Morgan fingerprint density at radius 1 is 0.375 bits per heavy atom. The Kier molecular flexibility index (Phi) is 6.55. The summed E-state index contributed by atoms with van der Waals surface area (Å²) in [6, 6.07) is 71.9. The molecule has 2 aliphatic rings. The molecule has 0 saturated carbocycles. The largest absolute Gasteiger partial charge is 0.457 e. The standard InChI is InChI=1S/C53H33NO2/c1-2-13-37(14-3-1)54(39-28-31-43-42-16-6-9-19-48(42)55-51(43)33-39)38-26-22-34(23-27-38)36-25-29-41-44-30-24-35-12-4-5-15-40(35)52(44)53(47(41)32-36)45-17-7-10-20-49(45)56-50-21-11-8-18-46(50)53/h1-33H. The van der Waals surface area contributed by atoms with Gasteiger partial charge in [-0.1, -0.05) is 133 Å². The van der Waals surface area contributed by atoms with Gasteiger partial charge in [-0.3, -0.25) is 0 Å². The van der Waals surface area contributed by atoms with Crippen LogP contribution in [0.3, 0.4) is 0 Å². The van der Waals surface area contributed by atoms with Gasteiger partial charge < -0.3 is 14.1 Å². The van der Waals surface area contributed by atoms with Crippen molar-refractivity contribution in [3.8, 4) is 33.8 Å². The molecule has 0 bridgehead atoms. The molecule has 9 aromatic carbocycles. The molecule has 0 atom stereocenters. The lowest BCUT2D eigenvalue weighted by Crippen LogP contribution is -2.32. The number of ether oxygens (including phenoxy) is 1. The van der Waals surface area contributed by atoms with Crippen molar-refractivity contribution in [3.05, 3.63) is 222 Å². The summed E-state index contributed by atoms with van der Waals surface area (Å²) >= 11 is 0. The SMILES string of the molecule is c1ccc(N(c2ccc(-c3ccc4c(c3)C3(c5ccccc5Oc5ccccc53)c3c-4ccc4ccccc34)cc2)c2ccc3c(c2)oc2ccccc23)cc1. The van der Waals surface area contributed by atoms with Crippen LogP contribution in [-0.4, -0.2) is 0 Å². The fourth-order valence-electron chi connectivity index (χ4n) is 9.54. The van der Waals surface area contributed by atoms with E-state index < -0.39 is 5.41 Å². The molecule has 1 spiro atoms. The first kappa shape index (κ1) is 31.0. The van der Waals surface area contributed by atoms with E-state index >= 15 is 0 Å². The number of benzene rings is 9. The molecule has 0 fully saturated rings. The predicted octanol–water partition coefficient (Wildman–Crippen LogP) is 14.3. The van der Waals surface area contributed by atoms with Gasteiger partial charge in [0.15, 0.2) is 0 Å². The average molecular weight is 716 g/mol. The van der Waals surface area contributed by atoms with E-state index in [9.17, 15) is 0 Å². The van der Waals surface area contributed by atoms with Gasteiger partial charge >= 0.3 is 0 Å². The molecule has 1 aliphatic carbocycles. The van der Waals surface area contributed by atoms with Gasteiger partial charge in [0.05, 0.1) is 5.41 Å². The van der Waals surface area contributed by atoms with Crippen molar-refractivity contribution in [1.82, 2.24) is 0 Å². The zero-order valence-corrected chi connectivity index (χ0v) is 30.3. The van der Waals surface area contributed by atoms with Crippen LogP contribution in [0.1, 0.15) is 22.3 Å². The van der Waals surface area contributed by atoms with Gasteiger partial charge in [-0.25, -0.2) is 0 Å². The molecule has 3 nitrogen and oxygen atoms in total. The van der Waals surface area contributed by atoms with Crippen LogP contribution in [0.5, 0.6) is 11.5 Å². The normalized spacial score (nSPS) is 13.3. The van der Waals surface area contributed by atoms with Gasteiger partial charge in [-0.2, -0.15) is 0 Å². The summed E-state index contributed by atoms with van der Waals surface area (Å²) in [7, 11) is 0. The van der Waals surface area contributed by atoms with E-state index in [1.165, 1.54) is 49.7 Å². The van der Waals surface area contributed by atoms with E-state index in [2.05, 4.69) is 193 Å². The second-order valence-electron chi connectivity index (χ2n) is 14.8. The first-order valence-electron chi connectivity index (χ1n) is 19.2. The number of para-hydroxylation sites is 4. The van der Waals surface area contributed by atoms with Crippen LogP contribution < -0.4 is 9.64 Å². The van der Waals surface area contributed by atoms with Gasteiger partial charge in [0.1, 0.15) is 22.7 Å². The van der Waals surface area contributed by atoms with E-state index in [1.54, 1.807) is 0 Å². The minimum atomic E-state index is -0.563. The molecule has 12 rings (SSSR count). The lowest BCUT2D eigenvalue weighted by Gasteiger charge is -2.40. The Morgan fingerprint density at radius 2 is 0.982 bits per heavy atom. The second kappa shape index (κ2) is 11.8. The Labute approximate surface area is 324 Å². The fraction of sp³-hybridized carbons (Fsp3) is 0.0189. The maximum atomic E-state index is 6.66. The molecule has 0 saturated heterocycles. The molecular formula is C53H33NO2. The van der Waals surface area contributed by atoms with Crippen molar-refractivity contribution in [3.63, 3.8) is 0 Å². The first-order chi connectivity index (χ1) is 27.8.